The Hall–Kier alpha value is -0.850. The molecule has 0 saturated heterocycles. The molecule has 0 fully saturated rings. The molecule has 0 unspecified atom stereocenters. The molecule has 0 amide bonds. The fraction of sp³-hybridized carbons (Fsp3) is 0.944. The van der Waals surface area contributed by atoms with Crippen LogP contribution in [0.2, 0.25) is 0 Å². The predicted molar refractivity (Wildman–Crippen MR) is 99.9 cm³/mol. The van der Waals surface area contributed by atoms with Gasteiger partial charge in [0.15, 0.2) is 0 Å². The van der Waals surface area contributed by atoms with Crippen LogP contribution in [-0.4, -0.2) is 117 Å². The molecule has 168 valence electrons. The number of carboxylic acid groups (broad SMARTS) is 1. The van der Waals surface area contributed by atoms with Crippen molar-refractivity contribution in [2.24, 2.45) is 0 Å². The Balaban J connectivity index is 2.99. The van der Waals surface area contributed by atoms with Crippen molar-refractivity contribution in [3.63, 3.8) is 0 Å². The third-order valence-electron chi connectivity index (χ3n) is 3.12. The smallest absolute Gasteiger partial charge is 0.305 e. The molecule has 0 aliphatic rings. The highest BCUT2D eigenvalue weighted by atomic mass is 16.6. The summed E-state index contributed by atoms with van der Waals surface area (Å²) < 4.78 is 41.9. The van der Waals surface area contributed by atoms with Gasteiger partial charge in [-0.2, -0.15) is 0 Å². The lowest BCUT2D eigenvalue weighted by atomic mass is 10.5. The summed E-state index contributed by atoms with van der Waals surface area (Å²) in [6.07, 6.45) is 0.00700. The Morgan fingerprint density at radius 1 is 0.500 bits per heavy atom. The van der Waals surface area contributed by atoms with E-state index in [2.05, 4.69) is 0 Å². The quantitative estimate of drug-likeness (QED) is 0.221. The molecule has 28 heavy (non-hydrogen) atoms. The lowest BCUT2D eigenvalue weighted by molar-refractivity contribution is -0.138. The minimum Gasteiger partial charge on any atom is -0.481 e. The molecule has 0 aliphatic heterocycles. The molecule has 0 radical (unpaired) electrons. The molecular weight excluding hydrogens is 376 g/mol. The van der Waals surface area contributed by atoms with Crippen molar-refractivity contribution in [2.45, 2.75) is 6.42 Å². The van der Waals surface area contributed by atoms with Crippen molar-refractivity contribution in [3.8, 4) is 0 Å². The summed E-state index contributed by atoms with van der Waals surface area (Å²) in [5.74, 6) is -0.868. The Kier molecular flexibility index (Phi) is 23.5. The van der Waals surface area contributed by atoms with Crippen LogP contribution in [0.3, 0.4) is 0 Å². The Labute approximate surface area is 167 Å². The highest BCUT2D eigenvalue weighted by Crippen LogP contribution is 1.86. The number of carboxylic acids is 1. The standard InChI is InChI=1S/C18H36O10/c1-21-4-5-23-8-9-25-12-13-27-16-17-28-15-14-26-11-10-24-7-6-22-3-2-18(19)20/h2-17H2,1H3,(H,19,20). The van der Waals surface area contributed by atoms with Gasteiger partial charge in [-0.25, -0.2) is 0 Å². The van der Waals surface area contributed by atoms with Crippen LogP contribution in [0.4, 0.5) is 0 Å². The number of methoxy groups -OCH3 is 1. The third kappa shape index (κ3) is 25.1. The zero-order chi connectivity index (χ0) is 20.5. The molecule has 0 aromatic rings. The highest BCUT2D eigenvalue weighted by Gasteiger charge is 1.97. The van der Waals surface area contributed by atoms with Gasteiger partial charge in [-0.1, -0.05) is 0 Å². The van der Waals surface area contributed by atoms with Crippen molar-refractivity contribution >= 4 is 5.97 Å². The van der Waals surface area contributed by atoms with Crippen LogP contribution in [0.5, 0.6) is 0 Å². The molecule has 0 aromatic heterocycles. The zero-order valence-corrected chi connectivity index (χ0v) is 16.9. The average Bonchev–Trinajstić information content (AvgIpc) is 2.68. The van der Waals surface area contributed by atoms with E-state index in [1.54, 1.807) is 7.11 Å². The molecule has 0 atom stereocenters. The van der Waals surface area contributed by atoms with Gasteiger partial charge in [-0.05, 0) is 0 Å². The van der Waals surface area contributed by atoms with Gasteiger partial charge in [0, 0.05) is 7.11 Å². The van der Waals surface area contributed by atoms with E-state index in [1.807, 2.05) is 0 Å². The first kappa shape index (κ1) is 27.1. The fourth-order valence-electron chi connectivity index (χ4n) is 1.72. The second-order valence-corrected chi connectivity index (χ2v) is 5.42. The van der Waals surface area contributed by atoms with Crippen molar-refractivity contribution in [1.29, 1.82) is 0 Å². The summed E-state index contributed by atoms with van der Waals surface area (Å²) >= 11 is 0. The van der Waals surface area contributed by atoms with Gasteiger partial charge in [0.2, 0.25) is 0 Å². The van der Waals surface area contributed by atoms with E-state index in [0.29, 0.717) is 92.5 Å². The largest absolute Gasteiger partial charge is 0.481 e. The van der Waals surface area contributed by atoms with Crippen molar-refractivity contribution in [3.05, 3.63) is 0 Å². The van der Waals surface area contributed by atoms with Crippen molar-refractivity contribution < 1.29 is 47.8 Å². The number of rotatable bonds is 24. The minimum atomic E-state index is -0.868. The van der Waals surface area contributed by atoms with Gasteiger partial charge in [0.05, 0.1) is 106 Å². The van der Waals surface area contributed by atoms with Crippen LogP contribution in [0.25, 0.3) is 0 Å². The fourth-order valence-corrected chi connectivity index (χ4v) is 1.72. The molecule has 0 spiro atoms. The van der Waals surface area contributed by atoms with Crippen molar-refractivity contribution in [2.75, 3.05) is 106 Å². The average molecular weight is 412 g/mol. The number of aliphatic carboxylic acids is 1. The van der Waals surface area contributed by atoms with Crippen LogP contribution in [0, 0.1) is 0 Å². The second-order valence-electron chi connectivity index (χ2n) is 5.42. The first-order valence-electron chi connectivity index (χ1n) is 9.52. The molecule has 0 aromatic carbocycles. The molecule has 0 saturated carbocycles. The summed E-state index contributed by atoms with van der Waals surface area (Å²) in [5.41, 5.74) is 0. The lowest BCUT2D eigenvalue weighted by Crippen LogP contribution is -2.15. The molecule has 0 heterocycles. The van der Waals surface area contributed by atoms with Crippen LogP contribution in [-0.2, 0) is 42.7 Å². The SMILES string of the molecule is COCCOCCOCCOCCOCCOCCOCCOCCC(=O)O. The first-order valence-corrected chi connectivity index (χ1v) is 9.52. The summed E-state index contributed by atoms with van der Waals surface area (Å²) in [5, 5.41) is 8.43. The summed E-state index contributed by atoms with van der Waals surface area (Å²) in [6.45, 7) is 7.26. The van der Waals surface area contributed by atoms with Crippen LogP contribution in [0.15, 0.2) is 0 Å². The molecule has 10 heteroatoms. The van der Waals surface area contributed by atoms with E-state index in [4.69, 9.17) is 43.0 Å². The zero-order valence-electron chi connectivity index (χ0n) is 16.9. The maximum atomic E-state index is 10.3. The first-order chi connectivity index (χ1) is 13.8. The van der Waals surface area contributed by atoms with Gasteiger partial charge >= 0.3 is 5.97 Å². The normalized spacial score (nSPS) is 11.2. The number of carbonyl (C=O) groups is 1. The number of hydrogen-bond acceptors (Lipinski definition) is 9. The summed E-state index contributed by atoms with van der Waals surface area (Å²) in [6, 6.07) is 0. The molecule has 0 rings (SSSR count). The third-order valence-corrected chi connectivity index (χ3v) is 3.12. The van der Waals surface area contributed by atoms with Gasteiger partial charge in [0.25, 0.3) is 0 Å². The molecule has 10 nitrogen and oxygen atoms in total. The van der Waals surface area contributed by atoms with E-state index in [-0.39, 0.29) is 13.0 Å². The minimum absolute atomic E-state index is 0.00700. The monoisotopic (exact) mass is 412 g/mol. The van der Waals surface area contributed by atoms with E-state index >= 15 is 0 Å². The van der Waals surface area contributed by atoms with Crippen LogP contribution in [0.1, 0.15) is 6.42 Å². The van der Waals surface area contributed by atoms with Gasteiger partial charge in [0.1, 0.15) is 0 Å². The number of ether oxygens (including phenoxy) is 8. The van der Waals surface area contributed by atoms with Crippen LogP contribution < -0.4 is 0 Å². The summed E-state index contributed by atoms with van der Waals surface area (Å²) in [4.78, 5) is 10.3. The predicted octanol–water partition coefficient (Wildman–Crippen LogP) is 0.224. The highest BCUT2D eigenvalue weighted by molar-refractivity contribution is 5.66. The van der Waals surface area contributed by atoms with E-state index in [0.717, 1.165) is 0 Å². The Bertz CT molecular complexity index is 317. The van der Waals surface area contributed by atoms with Gasteiger partial charge in [-0.15, -0.1) is 0 Å². The van der Waals surface area contributed by atoms with Crippen LogP contribution >= 0.6 is 0 Å². The topological polar surface area (TPSA) is 111 Å². The molecule has 0 aliphatic carbocycles. The van der Waals surface area contributed by atoms with Gasteiger partial charge in [-0.3, -0.25) is 4.79 Å². The lowest BCUT2D eigenvalue weighted by Gasteiger charge is -2.08. The van der Waals surface area contributed by atoms with Gasteiger partial charge < -0.3 is 43.0 Å². The summed E-state index contributed by atoms with van der Waals surface area (Å²) in [7, 11) is 1.64. The molecular formula is C18H36O10. The maximum Gasteiger partial charge on any atom is 0.305 e. The van der Waals surface area contributed by atoms with E-state index in [1.165, 1.54) is 0 Å². The molecule has 1 N–H and O–H groups in total. The maximum absolute atomic E-state index is 10.3. The second kappa shape index (κ2) is 24.2. The molecule has 0 bridgehead atoms. The van der Waals surface area contributed by atoms with E-state index < -0.39 is 5.97 Å². The van der Waals surface area contributed by atoms with E-state index in [9.17, 15) is 4.79 Å². The van der Waals surface area contributed by atoms with Crippen molar-refractivity contribution in [1.82, 2.24) is 0 Å². The Morgan fingerprint density at radius 3 is 1.00 bits per heavy atom. The Morgan fingerprint density at radius 2 is 0.750 bits per heavy atom. The number of hydrogen-bond donors (Lipinski definition) is 1.